The molecule has 0 saturated carbocycles. The molecule has 3 atom stereocenters. The molecule has 0 spiro atoms. The van der Waals surface area contributed by atoms with E-state index >= 15 is 0 Å². The number of hydrogen-bond acceptors (Lipinski definition) is 5. The summed E-state index contributed by atoms with van der Waals surface area (Å²) >= 11 is 0. The van der Waals surface area contributed by atoms with Crippen molar-refractivity contribution in [3.05, 3.63) is 32.6 Å². The van der Waals surface area contributed by atoms with Crippen molar-refractivity contribution in [2.45, 2.75) is 31.3 Å². The number of nitrogens with one attached hydrogen (secondary N) is 1. The lowest BCUT2D eigenvalue weighted by Crippen LogP contribution is -2.58. The number of hydrogen-bond donors (Lipinski definition) is 2. The van der Waals surface area contributed by atoms with Crippen LogP contribution in [0.25, 0.3) is 0 Å². The van der Waals surface area contributed by atoms with E-state index in [1.165, 1.54) is 10.8 Å². The number of aromatic amines is 1. The van der Waals surface area contributed by atoms with E-state index in [1.807, 2.05) is 0 Å². The number of H-pyrrole nitrogens is 1. The van der Waals surface area contributed by atoms with Crippen LogP contribution >= 0.6 is 0 Å². The minimum absolute atomic E-state index is 0.134. The largest absolute Gasteiger partial charge is 0.393 e. The minimum atomic E-state index is -0.686. The van der Waals surface area contributed by atoms with Gasteiger partial charge in [-0.3, -0.25) is 14.3 Å². The first-order valence-corrected chi connectivity index (χ1v) is 5.78. The molecule has 2 N–H and O–H groups in total. The molecule has 2 aliphatic heterocycles. The summed E-state index contributed by atoms with van der Waals surface area (Å²) in [6, 6.07) is 0. The molecule has 1 aromatic rings. The zero-order valence-corrected chi connectivity index (χ0v) is 9.88. The van der Waals surface area contributed by atoms with Crippen LogP contribution in [0.4, 0.5) is 0 Å². The topological polar surface area (TPSA) is 93.6 Å². The Balaban J connectivity index is 1.96. The Kier molecular flexibility index (Phi) is 2.44. The third kappa shape index (κ3) is 1.48. The lowest BCUT2D eigenvalue weighted by atomic mass is 9.93. The van der Waals surface area contributed by atoms with Crippen molar-refractivity contribution in [1.82, 2.24) is 9.55 Å². The van der Waals surface area contributed by atoms with E-state index in [0.717, 1.165) is 0 Å². The van der Waals surface area contributed by atoms with Crippen LogP contribution in [0.2, 0.25) is 0 Å². The average molecular weight is 254 g/mol. The summed E-state index contributed by atoms with van der Waals surface area (Å²) in [5, 5.41) is 9.33. The summed E-state index contributed by atoms with van der Waals surface area (Å²) in [6.45, 7) is 1.82. The first-order chi connectivity index (χ1) is 8.55. The van der Waals surface area contributed by atoms with Gasteiger partial charge in [0.1, 0.15) is 11.8 Å². The fraction of sp³-hybridized carbons (Fsp3) is 0.636. The van der Waals surface area contributed by atoms with E-state index in [9.17, 15) is 14.7 Å². The van der Waals surface area contributed by atoms with Gasteiger partial charge in [-0.1, -0.05) is 0 Å². The second-order valence-corrected chi connectivity index (χ2v) is 4.81. The predicted molar refractivity (Wildman–Crippen MR) is 60.4 cm³/mol. The van der Waals surface area contributed by atoms with Crippen LogP contribution in [0, 0.1) is 6.92 Å². The molecular formula is C11H14N2O5. The smallest absolute Gasteiger partial charge is 0.330 e. The Labute approximate surface area is 102 Å². The highest BCUT2D eigenvalue weighted by molar-refractivity contribution is 5.06. The standard InChI is InChI=1S/C11H14N2O5/c1-6-3-13(10(16)12-9(6)15)8-2-7-11(4-14,18-8)5-17-7/h3,7-8,14H,2,4-5H2,1H3,(H,12,15,16). The summed E-state index contributed by atoms with van der Waals surface area (Å²) < 4.78 is 12.4. The summed E-state index contributed by atoms with van der Waals surface area (Å²) in [5.41, 5.74) is -1.15. The SMILES string of the molecule is Cc1cn(C2CC3OCC3(CO)O2)c(=O)[nH]c1=O. The molecule has 3 unspecified atom stereocenters. The zero-order valence-electron chi connectivity index (χ0n) is 9.88. The predicted octanol–water partition coefficient (Wildman–Crippen LogP) is -1.11. The first-order valence-electron chi connectivity index (χ1n) is 5.78. The number of ether oxygens (including phenoxy) is 2. The fourth-order valence-electron chi connectivity index (χ4n) is 2.44. The molecule has 0 radical (unpaired) electrons. The van der Waals surface area contributed by atoms with Gasteiger partial charge in [-0.25, -0.2) is 4.79 Å². The van der Waals surface area contributed by atoms with Crippen LogP contribution < -0.4 is 11.2 Å². The summed E-state index contributed by atoms with van der Waals surface area (Å²) in [6.07, 6.45) is 1.27. The van der Waals surface area contributed by atoms with Crippen LogP contribution in [-0.2, 0) is 9.47 Å². The van der Waals surface area contributed by atoms with E-state index in [4.69, 9.17) is 9.47 Å². The van der Waals surface area contributed by atoms with Gasteiger partial charge in [0.2, 0.25) is 0 Å². The van der Waals surface area contributed by atoms with Crippen LogP contribution in [0.3, 0.4) is 0 Å². The quantitative estimate of drug-likeness (QED) is 0.698. The van der Waals surface area contributed by atoms with E-state index < -0.39 is 23.1 Å². The van der Waals surface area contributed by atoms with Gasteiger partial charge in [0.05, 0.1) is 19.3 Å². The molecule has 98 valence electrons. The molecule has 7 nitrogen and oxygen atoms in total. The molecule has 18 heavy (non-hydrogen) atoms. The normalized spacial score (nSPS) is 34.1. The highest BCUT2D eigenvalue weighted by Gasteiger charge is 2.57. The van der Waals surface area contributed by atoms with Crippen LogP contribution in [0.5, 0.6) is 0 Å². The number of aliphatic hydroxyl groups excluding tert-OH is 1. The Morgan fingerprint density at radius 3 is 2.94 bits per heavy atom. The van der Waals surface area contributed by atoms with Gasteiger partial charge in [0, 0.05) is 18.2 Å². The van der Waals surface area contributed by atoms with Crippen LogP contribution in [0.15, 0.2) is 15.8 Å². The third-order valence-electron chi connectivity index (χ3n) is 3.63. The number of aliphatic hydroxyl groups is 1. The summed E-state index contributed by atoms with van der Waals surface area (Å²) in [4.78, 5) is 25.3. The molecule has 2 saturated heterocycles. The zero-order chi connectivity index (χ0) is 12.9. The van der Waals surface area contributed by atoms with Crippen molar-refractivity contribution >= 4 is 0 Å². The summed E-state index contributed by atoms with van der Waals surface area (Å²) in [7, 11) is 0. The van der Waals surface area contributed by atoms with Crippen molar-refractivity contribution in [1.29, 1.82) is 0 Å². The van der Waals surface area contributed by atoms with Gasteiger partial charge >= 0.3 is 5.69 Å². The molecule has 0 aliphatic carbocycles. The maximum absolute atomic E-state index is 11.7. The molecule has 3 heterocycles. The molecule has 2 fully saturated rings. The van der Waals surface area contributed by atoms with E-state index in [0.29, 0.717) is 18.6 Å². The Morgan fingerprint density at radius 2 is 2.39 bits per heavy atom. The van der Waals surface area contributed by atoms with Crippen molar-refractivity contribution in [2.75, 3.05) is 13.2 Å². The third-order valence-corrected chi connectivity index (χ3v) is 3.63. The Bertz CT molecular complexity index is 588. The molecule has 2 aliphatic rings. The van der Waals surface area contributed by atoms with E-state index in [2.05, 4.69) is 4.98 Å². The van der Waals surface area contributed by atoms with Gasteiger partial charge in [0.25, 0.3) is 5.56 Å². The Hall–Kier alpha value is -1.44. The van der Waals surface area contributed by atoms with Crippen LogP contribution in [-0.4, -0.2) is 39.6 Å². The summed E-state index contributed by atoms with van der Waals surface area (Å²) in [5.74, 6) is 0. The second kappa shape index (κ2) is 3.78. The van der Waals surface area contributed by atoms with Crippen LogP contribution in [0.1, 0.15) is 18.2 Å². The molecule has 3 rings (SSSR count). The average Bonchev–Trinajstić information content (AvgIpc) is 2.57. The van der Waals surface area contributed by atoms with Gasteiger partial charge in [-0.05, 0) is 6.92 Å². The fourth-order valence-corrected chi connectivity index (χ4v) is 2.44. The van der Waals surface area contributed by atoms with Gasteiger partial charge in [-0.15, -0.1) is 0 Å². The number of aryl methyl sites for hydroxylation is 1. The van der Waals surface area contributed by atoms with Gasteiger partial charge in [-0.2, -0.15) is 0 Å². The van der Waals surface area contributed by atoms with E-state index in [1.54, 1.807) is 6.92 Å². The number of fused-ring (bicyclic) bond motifs is 1. The maximum Gasteiger partial charge on any atom is 0.330 e. The monoisotopic (exact) mass is 254 g/mol. The van der Waals surface area contributed by atoms with E-state index in [-0.39, 0.29) is 12.7 Å². The number of nitrogens with zero attached hydrogens (tertiary/aromatic N) is 1. The number of aromatic nitrogens is 2. The molecule has 1 aromatic heterocycles. The highest BCUT2D eigenvalue weighted by atomic mass is 16.6. The lowest BCUT2D eigenvalue weighted by molar-refractivity contribution is -0.242. The maximum atomic E-state index is 11.7. The highest BCUT2D eigenvalue weighted by Crippen LogP contribution is 2.44. The molecule has 0 aromatic carbocycles. The van der Waals surface area contributed by atoms with Gasteiger partial charge < -0.3 is 14.6 Å². The number of rotatable bonds is 2. The molecule has 0 bridgehead atoms. The molecule has 0 amide bonds. The van der Waals surface area contributed by atoms with Crippen molar-refractivity contribution in [3.8, 4) is 0 Å². The Morgan fingerprint density at radius 1 is 1.61 bits per heavy atom. The first kappa shape index (κ1) is 11.6. The minimum Gasteiger partial charge on any atom is -0.393 e. The van der Waals surface area contributed by atoms with Gasteiger partial charge in [0.15, 0.2) is 0 Å². The van der Waals surface area contributed by atoms with Crippen molar-refractivity contribution < 1.29 is 14.6 Å². The molecule has 7 heteroatoms. The lowest BCUT2D eigenvalue weighted by Gasteiger charge is -2.41. The second-order valence-electron chi connectivity index (χ2n) is 4.81. The molecular weight excluding hydrogens is 240 g/mol. The van der Waals surface area contributed by atoms with Crippen molar-refractivity contribution in [2.24, 2.45) is 0 Å². The van der Waals surface area contributed by atoms with Crippen molar-refractivity contribution in [3.63, 3.8) is 0 Å².